The van der Waals surface area contributed by atoms with Gasteiger partial charge in [-0.2, -0.15) is 0 Å². The van der Waals surface area contributed by atoms with Gasteiger partial charge in [-0.1, -0.05) is 17.3 Å². The number of rotatable bonds is 2. The Balaban J connectivity index is 0.00000176. The van der Waals surface area contributed by atoms with Crippen LogP contribution in [0.5, 0.6) is 0 Å². The van der Waals surface area contributed by atoms with Gasteiger partial charge in [-0.15, -0.1) is 17.5 Å². The van der Waals surface area contributed by atoms with E-state index < -0.39 is 0 Å². The second-order valence-electron chi connectivity index (χ2n) is 5.21. The van der Waals surface area contributed by atoms with E-state index in [1.165, 1.54) is 0 Å². The maximum absolute atomic E-state index is 12.3. The van der Waals surface area contributed by atoms with E-state index in [1.807, 2.05) is 6.92 Å². The van der Waals surface area contributed by atoms with E-state index in [0.29, 0.717) is 17.4 Å². The van der Waals surface area contributed by atoms with Gasteiger partial charge in [0.15, 0.2) is 0 Å². The Morgan fingerprint density at radius 2 is 2.18 bits per heavy atom. The molecule has 8 heteroatoms. The molecule has 22 heavy (non-hydrogen) atoms. The van der Waals surface area contributed by atoms with Crippen LogP contribution < -0.4 is 10.9 Å². The van der Waals surface area contributed by atoms with Gasteiger partial charge in [0.2, 0.25) is 5.91 Å². The molecule has 1 aliphatic rings. The zero-order chi connectivity index (χ0) is 14.8. The molecule has 2 aromatic rings. The molecule has 1 atom stereocenters. The van der Waals surface area contributed by atoms with Crippen molar-refractivity contribution in [3.05, 3.63) is 34.6 Å². The van der Waals surface area contributed by atoms with E-state index in [4.69, 9.17) is 0 Å². The quantitative estimate of drug-likeness (QED) is 0.843. The average Bonchev–Trinajstić information content (AvgIpc) is 2.51. The summed E-state index contributed by atoms with van der Waals surface area (Å²) >= 11 is 0. The first kappa shape index (κ1) is 16.4. The second-order valence-corrected chi connectivity index (χ2v) is 5.21. The number of carbonyl (C=O) groups excluding carboxylic acids is 1. The van der Waals surface area contributed by atoms with Crippen molar-refractivity contribution in [3.63, 3.8) is 0 Å². The number of carbonyl (C=O) groups is 1. The molecule has 1 aliphatic heterocycles. The number of hydrogen-bond acceptors (Lipinski definition) is 5. The molecule has 1 N–H and O–H groups in total. The first-order valence-corrected chi connectivity index (χ1v) is 6.99. The number of fused-ring (bicyclic) bond motifs is 1. The monoisotopic (exact) mass is 323 g/mol. The molecule has 0 spiro atoms. The third-order valence-electron chi connectivity index (χ3n) is 3.74. The Hall–Kier alpha value is -1.99. The van der Waals surface area contributed by atoms with Crippen LogP contribution >= 0.6 is 12.4 Å². The fraction of sp³-hybridized carbons (Fsp3) is 0.429. The standard InChI is InChI=1S/C14H17N5O2.ClH/c1-10-8-15-6-7-18(10)13(20)9-19-14(21)11-4-2-3-5-12(11)16-17-19;/h2-5,10,15H,6-9H2,1H3;1H/t10-;/m1./s1. The van der Waals surface area contributed by atoms with E-state index in [2.05, 4.69) is 15.6 Å². The first-order valence-electron chi connectivity index (χ1n) is 6.99. The third kappa shape index (κ3) is 3.10. The normalized spacial score (nSPS) is 18.0. The Morgan fingerprint density at radius 1 is 1.41 bits per heavy atom. The summed E-state index contributed by atoms with van der Waals surface area (Å²) < 4.78 is 1.14. The van der Waals surface area contributed by atoms with E-state index in [-0.39, 0.29) is 36.5 Å². The average molecular weight is 324 g/mol. The second kappa shape index (κ2) is 6.85. The van der Waals surface area contributed by atoms with Crippen LogP contribution in [0.25, 0.3) is 10.9 Å². The molecule has 0 radical (unpaired) electrons. The number of piperazine rings is 1. The van der Waals surface area contributed by atoms with Crippen LogP contribution in [0.2, 0.25) is 0 Å². The molecular weight excluding hydrogens is 306 g/mol. The lowest BCUT2D eigenvalue weighted by Gasteiger charge is -2.33. The largest absolute Gasteiger partial charge is 0.336 e. The number of halogens is 1. The number of amides is 1. The van der Waals surface area contributed by atoms with Gasteiger partial charge < -0.3 is 10.2 Å². The fourth-order valence-electron chi connectivity index (χ4n) is 2.56. The van der Waals surface area contributed by atoms with E-state index in [1.54, 1.807) is 29.2 Å². The number of aromatic nitrogens is 3. The molecule has 0 aliphatic carbocycles. The topological polar surface area (TPSA) is 80.1 Å². The number of nitrogens with one attached hydrogen (secondary N) is 1. The summed E-state index contributed by atoms with van der Waals surface area (Å²) in [7, 11) is 0. The molecule has 1 fully saturated rings. The van der Waals surface area contributed by atoms with Crippen molar-refractivity contribution in [1.82, 2.24) is 25.2 Å². The zero-order valence-electron chi connectivity index (χ0n) is 12.2. The van der Waals surface area contributed by atoms with Crippen molar-refractivity contribution >= 4 is 29.2 Å². The Labute approximate surface area is 133 Å². The highest BCUT2D eigenvalue weighted by atomic mass is 35.5. The molecule has 2 heterocycles. The summed E-state index contributed by atoms with van der Waals surface area (Å²) in [6.07, 6.45) is 0. The van der Waals surface area contributed by atoms with Crippen LogP contribution in [0, 0.1) is 0 Å². The van der Waals surface area contributed by atoms with Gasteiger partial charge >= 0.3 is 0 Å². The molecule has 7 nitrogen and oxygen atoms in total. The van der Waals surface area contributed by atoms with Gasteiger partial charge in [0.1, 0.15) is 12.1 Å². The fourth-order valence-corrected chi connectivity index (χ4v) is 2.56. The van der Waals surface area contributed by atoms with Crippen molar-refractivity contribution in [2.24, 2.45) is 0 Å². The van der Waals surface area contributed by atoms with E-state index >= 15 is 0 Å². The number of benzene rings is 1. The minimum Gasteiger partial charge on any atom is -0.336 e. The maximum Gasteiger partial charge on any atom is 0.278 e. The lowest BCUT2D eigenvalue weighted by Crippen LogP contribution is -2.53. The summed E-state index contributed by atoms with van der Waals surface area (Å²) in [5, 5.41) is 11.6. The SMILES string of the molecule is C[C@@H]1CNCCN1C(=O)Cn1nnc2ccccc2c1=O.Cl. The minimum absolute atomic E-state index is 0. The molecule has 1 aromatic carbocycles. The smallest absolute Gasteiger partial charge is 0.278 e. The predicted octanol–water partition coefficient (Wildman–Crippen LogP) is 0.0336. The summed E-state index contributed by atoms with van der Waals surface area (Å²) in [6, 6.07) is 7.12. The Bertz CT molecular complexity index is 732. The summed E-state index contributed by atoms with van der Waals surface area (Å²) in [6.45, 7) is 4.11. The van der Waals surface area contributed by atoms with Crippen molar-refractivity contribution in [2.75, 3.05) is 19.6 Å². The van der Waals surface area contributed by atoms with Gasteiger partial charge in [-0.25, -0.2) is 4.68 Å². The van der Waals surface area contributed by atoms with E-state index in [9.17, 15) is 9.59 Å². The number of hydrogen-bond donors (Lipinski definition) is 1. The summed E-state index contributed by atoms with van der Waals surface area (Å²) in [4.78, 5) is 26.4. The van der Waals surface area contributed by atoms with Crippen LogP contribution in [0.3, 0.4) is 0 Å². The van der Waals surface area contributed by atoms with Gasteiger partial charge in [-0.05, 0) is 19.1 Å². The van der Waals surface area contributed by atoms with Crippen molar-refractivity contribution < 1.29 is 4.79 Å². The van der Waals surface area contributed by atoms with Gasteiger partial charge in [0.05, 0.1) is 5.39 Å². The highest BCUT2D eigenvalue weighted by molar-refractivity contribution is 5.85. The van der Waals surface area contributed by atoms with Crippen LogP contribution in [0.4, 0.5) is 0 Å². The molecule has 118 valence electrons. The zero-order valence-corrected chi connectivity index (χ0v) is 13.0. The van der Waals surface area contributed by atoms with Gasteiger partial charge in [0.25, 0.3) is 5.56 Å². The van der Waals surface area contributed by atoms with Crippen LogP contribution in [0.1, 0.15) is 6.92 Å². The third-order valence-corrected chi connectivity index (χ3v) is 3.74. The number of nitrogens with zero attached hydrogens (tertiary/aromatic N) is 4. The van der Waals surface area contributed by atoms with Crippen LogP contribution in [-0.4, -0.2) is 51.5 Å². The van der Waals surface area contributed by atoms with E-state index in [0.717, 1.165) is 17.8 Å². The molecular formula is C14H18ClN5O2. The van der Waals surface area contributed by atoms with Crippen molar-refractivity contribution in [1.29, 1.82) is 0 Å². The Kier molecular flexibility index (Phi) is 5.10. The van der Waals surface area contributed by atoms with Gasteiger partial charge in [-0.3, -0.25) is 9.59 Å². The Morgan fingerprint density at radius 3 is 2.95 bits per heavy atom. The van der Waals surface area contributed by atoms with Gasteiger partial charge in [0, 0.05) is 25.7 Å². The molecule has 3 rings (SSSR count). The minimum atomic E-state index is -0.281. The van der Waals surface area contributed by atoms with Crippen molar-refractivity contribution in [2.45, 2.75) is 19.5 Å². The van der Waals surface area contributed by atoms with Crippen molar-refractivity contribution in [3.8, 4) is 0 Å². The highest BCUT2D eigenvalue weighted by Gasteiger charge is 2.23. The van der Waals surface area contributed by atoms with Crippen LogP contribution in [-0.2, 0) is 11.3 Å². The molecule has 0 unspecified atom stereocenters. The predicted molar refractivity (Wildman–Crippen MR) is 85.1 cm³/mol. The molecule has 1 aromatic heterocycles. The highest BCUT2D eigenvalue weighted by Crippen LogP contribution is 2.05. The maximum atomic E-state index is 12.3. The lowest BCUT2D eigenvalue weighted by atomic mass is 10.2. The summed E-state index contributed by atoms with van der Waals surface area (Å²) in [5.74, 6) is -0.101. The molecule has 0 bridgehead atoms. The first-order chi connectivity index (χ1) is 10.2. The molecule has 0 saturated carbocycles. The van der Waals surface area contributed by atoms with Crippen LogP contribution in [0.15, 0.2) is 29.1 Å². The lowest BCUT2D eigenvalue weighted by molar-refractivity contribution is -0.134. The molecule has 1 saturated heterocycles. The molecule has 1 amide bonds. The summed E-state index contributed by atoms with van der Waals surface area (Å²) in [5.41, 5.74) is 0.262.